The lowest BCUT2D eigenvalue weighted by atomic mass is 9.63. The molecule has 1 unspecified atom stereocenters. The lowest BCUT2D eigenvalue weighted by molar-refractivity contribution is -0.167. The molecular weight excluding hydrogens is 240 g/mol. The van der Waals surface area contributed by atoms with Gasteiger partial charge in [-0.2, -0.15) is 5.26 Å². The molecule has 1 saturated carbocycles. The number of ether oxygens (including phenoxy) is 1. The maximum absolute atomic E-state index is 12.2. The second-order valence-corrected chi connectivity index (χ2v) is 6.64. The molecule has 1 spiro atoms. The van der Waals surface area contributed by atoms with E-state index in [0.29, 0.717) is 0 Å². The number of carbonyl (C=O) groups is 1. The summed E-state index contributed by atoms with van der Waals surface area (Å²) in [6.45, 7) is 6.57. The average molecular weight is 262 g/mol. The minimum atomic E-state index is -0.434. The molecule has 0 aromatic heterocycles. The Hall–Kier alpha value is -1.34. The number of allylic oxidation sites excluding steroid dienone is 2. The van der Waals surface area contributed by atoms with Crippen molar-refractivity contribution in [2.45, 2.75) is 58.1 Å². The van der Waals surface area contributed by atoms with Crippen molar-refractivity contribution >= 4 is 5.97 Å². The summed E-state index contributed by atoms with van der Waals surface area (Å²) in [6.07, 6.45) is 5.44. The molecule has 1 saturated heterocycles. The third-order valence-electron chi connectivity index (χ3n) is 4.07. The molecule has 104 valence electrons. The second-order valence-electron chi connectivity index (χ2n) is 6.64. The molecule has 19 heavy (non-hydrogen) atoms. The Kier molecular flexibility index (Phi) is 3.69. The van der Waals surface area contributed by atoms with E-state index in [0.717, 1.165) is 32.2 Å². The summed E-state index contributed by atoms with van der Waals surface area (Å²) < 4.78 is 5.48. The van der Waals surface area contributed by atoms with Crippen LogP contribution in [0.4, 0.5) is 0 Å². The van der Waals surface area contributed by atoms with Gasteiger partial charge in [0, 0.05) is 18.0 Å². The first kappa shape index (κ1) is 14.1. The number of carbonyl (C=O) groups excluding carboxylic acids is 1. The van der Waals surface area contributed by atoms with Crippen LogP contribution >= 0.6 is 0 Å². The summed E-state index contributed by atoms with van der Waals surface area (Å²) in [5, 5.41) is 11.9. The number of nitriles is 1. The molecule has 4 heteroatoms. The van der Waals surface area contributed by atoms with Crippen molar-refractivity contribution in [3.05, 3.63) is 11.6 Å². The van der Waals surface area contributed by atoms with Crippen LogP contribution in [0.1, 0.15) is 46.5 Å². The van der Waals surface area contributed by atoms with E-state index in [9.17, 15) is 4.79 Å². The van der Waals surface area contributed by atoms with Crippen molar-refractivity contribution < 1.29 is 9.53 Å². The highest BCUT2D eigenvalue weighted by molar-refractivity contribution is 5.78. The number of hydrogen-bond acceptors (Lipinski definition) is 4. The smallest absolute Gasteiger partial charge is 0.324 e. The topological polar surface area (TPSA) is 62.1 Å². The van der Waals surface area contributed by atoms with E-state index in [2.05, 4.69) is 11.4 Å². The summed E-state index contributed by atoms with van der Waals surface area (Å²) in [5.41, 5.74) is 0.827. The monoisotopic (exact) mass is 262 g/mol. The zero-order chi connectivity index (χ0) is 14.1. The molecule has 2 rings (SSSR count). The first-order valence-corrected chi connectivity index (χ1v) is 6.90. The molecule has 4 nitrogen and oxygen atoms in total. The molecule has 0 bridgehead atoms. The first-order valence-electron chi connectivity index (χ1n) is 6.90. The van der Waals surface area contributed by atoms with Gasteiger partial charge in [0.05, 0.1) is 6.07 Å². The number of nitrogens with one attached hydrogen (secondary N) is 1. The van der Waals surface area contributed by atoms with E-state index in [4.69, 9.17) is 10.00 Å². The van der Waals surface area contributed by atoms with Gasteiger partial charge >= 0.3 is 5.97 Å². The quantitative estimate of drug-likeness (QED) is 0.582. The summed E-state index contributed by atoms with van der Waals surface area (Å²) in [6, 6.07) is 1.93. The van der Waals surface area contributed by atoms with Gasteiger partial charge in [-0.1, -0.05) is 5.57 Å². The van der Waals surface area contributed by atoms with Crippen molar-refractivity contribution in [1.29, 1.82) is 5.26 Å². The predicted molar refractivity (Wildman–Crippen MR) is 72.2 cm³/mol. The predicted octanol–water partition coefficient (Wildman–Crippen LogP) is 2.31. The molecule has 0 amide bonds. The Labute approximate surface area is 114 Å². The van der Waals surface area contributed by atoms with Crippen LogP contribution in [0.15, 0.2) is 11.6 Å². The molecule has 0 aromatic rings. The second kappa shape index (κ2) is 4.97. The summed E-state index contributed by atoms with van der Waals surface area (Å²) in [7, 11) is 0. The van der Waals surface area contributed by atoms with Crippen molar-refractivity contribution in [2.24, 2.45) is 5.41 Å². The van der Waals surface area contributed by atoms with Crippen molar-refractivity contribution in [3.63, 3.8) is 0 Å². The summed E-state index contributed by atoms with van der Waals surface area (Å²) in [5.74, 6) is -0.133. The van der Waals surface area contributed by atoms with Crippen molar-refractivity contribution in [3.8, 4) is 6.07 Å². The molecule has 1 N–H and O–H groups in total. The largest absolute Gasteiger partial charge is 0.459 e. The SMILES string of the molecule is CC(C)(C)OC(=O)C1NCC12CCC(=CC#N)CC2. The molecule has 1 atom stereocenters. The minimum Gasteiger partial charge on any atom is -0.459 e. The van der Waals surface area contributed by atoms with Crippen LogP contribution in [0.2, 0.25) is 0 Å². The third-order valence-corrected chi connectivity index (χ3v) is 4.07. The molecule has 0 radical (unpaired) electrons. The molecule has 1 aliphatic carbocycles. The van der Waals surface area contributed by atoms with Gasteiger partial charge in [0.1, 0.15) is 11.6 Å². The highest BCUT2D eigenvalue weighted by atomic mass is 16.6. The molecule has 1 heterocycles. The van der Waals surface area contributed by atoms with E-state index >= 15 is 0 Å². The van der Waals surface area contributed by atoms with Crippen LogP contribution in [0.3, 0.4) is 0 Å². The van der Waals surface area contributed by atoms with Crippen molar-refractivity contribution in [2.75, 3.05) is 6.54 Å². The fourth-order valence-corrected chi connectivity index (χ4v) is 2.96. The van der Waals surface area contributed by atoms with E-state index < -0.39 is 5.60 Å². The van der Waals surface area contributed by atoms with Crippen LogP contribution in [-0.4, -0.2) is 24.2 Å². The fraction of sp³-hybridized carbons (Fsp3) is 0.733. The van der Waals surface area contributed by atoms with E-state index in [-0.39, 0.29) is 17.4 Å². The Bertz CT molecular complexity index is 430. The van der Waals surface area contributed by atoms with Gasteiger partial charge in [0.25, 0.3) is 0 Å². The first-order chi connectivity index (χ1) is 8.86. The average Bonchev–Trinajstić information content (AvgIpc) is 2.26. The van der Waals surface area contributed by atoms with Crippen LogP contribution in [-0.2, 0) is 9.53 Å². The van der Waals surface area contributed by atoms with Gasteiger partial charge in [-0.15, -0.1) is 0 Å². The highest BCUT2D eigenvalue weighted by Gasteiger charge is 2.52. The highest BCUT2D eigenvalue weighted by Crippen LogP contribution is 2.46. The molecule has 1 aliphatic heterocycles. The zero-order valence-electron chi connectivity index (χ0n) is 12.0. The summed E-state index contributed by atoms with van der Waals surface area (Å²) >= 11 is 0. The van der Waals surface area contributed by atoms with E-state index in [1.54, 1.807) is 6.08 Å². The Morgan fingerprint density at radius 3 is 2.53 bits per heavy atom. The molecule has 0 aromatic carbocycles. The van der Waals surface area contributed by atoms with Crippen LogP contribution in [0.25, 0.3) is 0 Å². The van der Waals surface area contributed by atoms with Gasteiger partial charge in [0.15, 0.2) is 0 Å². The Morgan fingerprint density at radius 2 is 2.11 bits per heavy atom. The standard InChI is InChI=1S/C15H22N2O2/c1-14(2,3)19-13(18)12-15(10-17-12)7-4-11(5-8-15)6-9-16/h6,12,17H,4-5,7-8,10H2,1-3H3. The molecular formula is C15H22N2O2. The molecule has 2 fully saturated rings. The number of nitrogens with zero attached hydrogens (tertiary/aromatic N) is 1. The van der Waals surface area contributed by atoms with Gasteiger partial charge in [-0.05, 0) is 46.5 Å². The maximum atomic E-state index is 12.2. The fourth-order valence-electron chi connectivity index (χ4n) is 2.96. The van der Waals surface area contributed by atoms with Gasteiger partial charge in [-0.25, -0.2) is 0 Å². The van der Waals surface area contributed by atoms with Crippen LogP contribution in [0, 0.1) is 16.7 Å². The van der Waals surface area contributed by atoms with E-state index in [1.165, 1.54) is 5.57 Å². The maximum Gasteiger partial charge on any atom is 0.324 e. The normalized spacial score (nSPS) is 30.4. The Morgan fingerprint density at radius 1 is 1.47 bits per heavy atom. The zero-order valence-corrected chi connectivity index (χ0v) is 12.0. The third kappa shape index (κ3) is 2.98. The van der Waals surface area contributed by atoms with E-state index in [1.807, 2.05) is 20.8 Å². The minimum absolute atomic E-state index is 0.0507. The van der Waals surface area contributed by atoms with Crippen LogP contribution in [0.5, 0.6) is 0 Å². The Balaban J connectivity index is 1.98. The lowest BCUT2D eigenvalue weighted by Crippen LogP contribution is -2.67. The summed E-state index contributed by atoms with van der Waals surface area (Å²) in [4.78, 5) is 12.2. The lowest BCUT2D eigenvalue weighted by Gasteiger charge is -2.52. The molecule has 2 aliphatic rings. The van der Waals surface area contributed by atoms with Gasteiger partial charge in [-0.3, -0.25) is 4.79 Å². The number of rotatable bonds is 1. The van der Waals surface area contributed by atoms with Gasteiger partial charge < -0.3 is 10.1 Å². The van der Waals surface area contributed by atoms with Crippen LogP contribution < -0.4 is 5.32 Å². The number of hydrogen-bond donors (Lipinski definition) is 1. The van der Waals surface area contributed by atoms with Crippen molar-refractivity contribution in [1.82, 2.24) is 5.32 Å². The number of esters is 1. The van der Waals surface area contributed by atoms with Gasteiger partial charge in [0.2, 0.25) is 0 Å².